The first kappa shape index (κ1) is 26.9. The second-order valence-electron chi connectivity index (χ2n) is 8.10. The maximum atomic E-state index is 15.0. The van der Waals surface area contributed by atoms with Crippen LogP contribution in [-0.2, 0) is 23.8 Å². The van der Waals surface area contributed by atoms with Crippen LogP contribution in [0.25, 0.3) is 0 Å². The molecule has 0 aliphatic carbocycles. The number of hydrogen-bond acceptors (Lipinski definition) is 9. The third kappa shape index (κ3) is 6.25. The van der Waals surface area contributed by atoms with Crippen LogP contribution in [0.1, 0.15) is 9.67 Å². The lowest BCUT2D eigenvalue weighted by Crippen LogP contribution is -2.44. The van der Waals surface area contributed by atoms with Gasteiger partial charge in [0.1, 0.15) is 25.1 Å². The molecule has 0 radical (unpaired) electrons. The van der Waals surface area contributed by atoms with E-state index in [1.165, 1.54) is 29.2 Å². The minimum atomic E-state index is -0.926. The highest BCUT2D eigenvalue weighted by atomic mass is 35.5. The van der Waals surface area contributed by atoms with Gasteiger partial charge in [0, 0.05) is 18.8 Å². The van der Waals surface area contributed by atoms with E-state index in [4.69, 9.17) is 31.5 Å². The zero-order valence-corrected chi connectivity index (χ0v) is 21.1. The van der Waals surface area contributed by atoms with Gasteiger partial charge in [-0.05, 0) is 30.3 Å². The predicted molar refractivity (Wildman–Crippen MR) is 132 cm³/mol. The van der Waals surface area contributed by atoms with Gasteiger partial charge >= 0.3 is 6.09 Å². The lowest BCUT2D eigenvalue weighted by atomic mass is 10.2. The van der Waals surface area contributed by atoms with Crippen molar-refractivity contribution in [2.45, 2.75) is 6.10 Å². The molecule has 4 rings (SSSR count). The largest absolute Gasteiger partial charge is 0.442 e. The van der Waals surface area contributed by atoms with E-state index < -0.39 is 36.4 Å². The first-order valence-electron chi connectivity index (χ1n) is 11.3. The van der Waals surface area contributed by atoms with E-state index in [1.807, 2.05) is 0 Å². The Balaban J connectivity index is 1.48. The van der Waals surface area contributed by atoms with Crippen molar-refractivity contribution in [1.82, 2.24) is 4.90 Å². The second-order valence-corrected chi connectivity index (χ2v) is 9.82. The van der Waals surface area contributed by atoms with E-state index in [0.29, 0.717) is 16.6 Å². The van der Waals surface area contributed by atoms with Crippen LogP contribution in [0.15, 0.2) is 30.3 Å². The molecule has 1 aromatic heterocycles. The Hall–Kier alpha value is -3.10. The van der Waals surface area contributed by atoms with Crippen LogP contribution < -0.4 is 15.5 Å². The molecule has 14 heteroatoms. The lowest BCUT2D eigenvalue weighted by molar-refractivity contribution is -0.134. The predicted octanol–water partition coefficient (Wildman–Crippen LogP) is 1.87. The number of amides is 4. The van der Waals surface area contributed by atoms with Crippen molar-refractivity contribution in [2.75, 3.05) is 62.4 Å². The van der Waals surface area contributed by atoms with E-state index in [0.717, 1.165) is 27.2 Å². The minimum Gasteiger partial charge on any atom is -0.442 e. The SMILES string of the molecule is NCCOCC(=O)N(C[C@H]1CN(c2ccc(N3CCOCC3=O)cc2F)C(=O)O1)C(=O)c1ccc(Cl)s1. The van der Waals surface area contributed by atoms with Crippen LogP contribution in [0.4, 0.5) is 20.6 Å². The standard InChI is InChI=1S/C23H24ClFN4O7S/c24-19-4-3-18(37-19)22(32)29(21(31)13-34-7-5-26)11-15-10-28(23(33)36-15)17-2-1-14(9-16(17)25)27-6-8-35-12-20(27)30/h1-4,9,15H,5-8,10-13,26H2/t15-/m1/s1. The van der Waals surface area contributed by atoms with Crippen LogP contribution in [0.3, 0.4) is 0 Å². The first-order chi connectivity index (χ1) is 17.8. The Kier molecular flexibility index (Phi) is 8.71. The monoisotopic (exact) mass is 554 g/mol. The summed E-state index contributed by atoms with van der Waals surface area (Å²) in [6, 6.07) is 7.07. The van der Waals surface area contributed by atoms with Crippen molar-refractivity contribution in [3.8, 4) is 0 Å². The maximum Gasteiger partial charge on any atom is 0.414 e. The van der Waals surface area contributed by atoms with Gasteiger partial charge in [0.15, 0.2) is 0 Å². The Morgan fingerprint density at radius 2 is 2.05 bits per heavy atom. The van der Waals surface area contributed by atoms with Crippen molar-refractivity contribution < 1.29 is 37.8 Å². The van der Waals surface area contributed by atoms with Crippen LogP contribution in [-0.4, -0.2) is 87.4 Å². The number of ether oxygens (including phenoxy) is 3. The van der Waals surface area contributed by atoms with Crippen molar-refractivity contribution in [2.24, 2.45) is 5.73 Å². The van der Waals surface area contributed by atoms with Crippen molar-refractivity contribution in [1.29, 1.82) is 0 Å². The molecule has 1 aromatic carbocycles. The highest BCUT2D eigenvalue weighted by Gasteiger charge is 2.38. The van der Waals surface area contributed by atoms with E-state index in [-0.39, 0.29) is 55.9 Å². The Labute approximate surface area is 220 Å². The molecule has 0 unspecified atom stereocenters. The number of cyclic esters (lactones) is 1. The average molecular weight is 555 g/mol. The average Bonchev–Trinajstić information content (AvgIpc) is 3.47. The molecule has 198 valence electrons. The number of morpholine rings is 1. The fourth-order valence-electron chi connectivity index (χ4n) is 3.87. The molecule has 0 bridgehead atoms. The molecule has 2 fully saturated rings. The summed E-state index contributed by atoms with van der Waals surface area (Å²) in [7, 11) is 0. The van der Waals surface area contributed by atoms with Crippen molar-refractivity contribution in [3.63, 3.8) is 0 Å². The number of hydrogen-bond donors (Lipinski definition) is 1. The van der Waals surface area contributed by atoms with Gasteiger partial charge in [0.2, 0.25) is 0 Å². The number of benzene rings is 1. The molecule has 11 nitrogen and oxygen atoms in total. The van der Waals surface area contributed by atoms with E-state index in [1.54, 1.807) is 0 Å². The Morgan fingerprint density at radius 3 is 2.73 bits per heavy atom. The molecule has 2 saturated heterocycles. The summed E-state index contributed by atoms with van der Waals surface area (Å²) in [5, 5.41) is 0. The highest BCUT2D eigenvalue weighted by molar-refractivity contribution is 7.18. The van der Waals surface area contributed by atoms with Gasteiger partial charge in [-0.1, -0.05) is 11.6 Å². The van der Waals surface area contributed by atoms with Crippen molar-refractivity contribution >= 4 is 58.1 Å². The molecule has 2 aliphatic rings. The van der Waals surface area contributed by atoms with Gasteiger partial charge in [-0.25, -0.2) is 9.18 Å². The van der Waals surface area contributed by atoms with Crippen molar-refractivity contribution in [3.05, 3.63) is 45.4 Å². The summed E-state index contributed by atoms with van der Waals surface area (Å²) >= 11 is 6.93. The minimum absolute atomic E-state index is 0.0579. The normalized spacial score (nSPS) is 17.8. The molecule has 2 aromatic rings. The van der Waals surface area contributed by atoms with Gasteiger partial charge < -0.3 is 24.8 Å². The quantitative estimate of drug-likeness (QED) is 0.465. The third-order valence-corrected chi connectivity index (χ3v) is 6.82. The topological polar surface area (TPSA) is 132 Å². The molecule has 2 aliphatic heterocycles. The summed E-state index contributed by atoms with van der Waals surface area (Å²) in [6.07, 6.45) is -1.76. The summed E-state index contributed by atoms with van der Waals surface area (Å²) < 4.78 is 31.0. The van der Waals surface area contributed by atoms with Gasteiger partial charge in [-0.15, -0.1) is 11.3 Å². The molecule has 0 saturated carbocycles. The molecule has 2 N–H and O–H groups in total. The third-order valence-electron chi connectivity index (χ3n) is 5.60. The van der Waals surface area contributed by atoms with E-state index >= 15 is 4.39 Å². The van der Waals surface area contributed by atoms with E-state index in [9.17, 15) is 19.2 Å². The summed E-state index contributed by atoms with van der Waals surface area (Å²) in [5.41, 5.74) is 5.67. The maximum absolute atomic E-state index is 15.0. The number of nitrogens with two attached hydrogens (primary N) is 1. The van der Waals surface area contributed by atoms with Gasteiger partial charge in [-0.2, -0.15) is 0 Å². The molecular weight excluding hydrogens is 531 g/mol. The van der Waals surface area contributed by atoms with Crippen LogP contribution in [0.2, 0.25) is 4.34 Å². The number of rotatable bonds is 9. The summed E-state index contributed by atoms with van der Waals surface area (Å²) in [5.74, 6) is -2.31. The number of nitrogens with zero attached hydrogens (tertiary/aromatic N) is 3. The number of halogens is 2. The number of carbonyl (C=O) groups is 4. The van der Waals surface area contributed by atoms with Crippen LogP contribution in [0, 0.1) is 5.82 Å². The fraction of sp³-hybridized carbons (Fsp3) is 0.391. The number of imide groups is 1. The highest BCUT2D eigenvalue weighted by Crippen LogP contribution is 2.30. The van der Waals surface area contributed by atoms with Crippen LogP contribution >= 0.6 is 22.9 Å². The molecule has 37 heavy (non-hydrogen) atoms. The molecule has 1 atom stereocenters. The van der Waals surface area contributed by atoms with Gasteiger partial charge in [0.05, 0.1) is 41.2 Å². The fourth-order valence-corrected chi connectivity index (χ4v) is 4.86. The molecule has 3 heterocycles. The van der Waals surface area contributed by atoms with E-state index in [2.05, 4.69) is 0 Å². The number of anilines is 2. The molecule has 0 spiro atoms. The molecule has 4 amide bonds. The summed E-state index contributed by atoms with van der Waals surface area (Å²) in [6.45, 7) is 0.0546. The van der Waals surface area contributed by atoms with Crippen LogP contribution in [0.5, 0.6) is 0 Å². The lowest BCUT2D eigenvalue weighted by Gasteiger charge is -2.27. The zero-order chi connectivity index (χ0) is 26.5. The first-order valence-corrected chi connectivity index (χ1v) is 12.5. The molecular formula is C23H24ClFN4O7S. The number of carbonyl (C=O) groups excluding carboxylic acids is 4. The second kappa shape index (κ2) is 12.0. The number of thiophene rings is 1. The van der Waals surface area contributed by atoms with Gasteiger partial charge in [-0.3, -0.25) is 24.2 Å². The Morgan fingerprint density at radius 1 is 1.24 bits per heavy atom. The summed E-state index contributed by atoms with van der Waals surface area (Å²) in [4.78, 5) is 54.1. The smallest absolute Gasteiger partial charge is 0.414 e. The van der Waals surface area contributed by atoms with Gasteiger partial charge in [0.25, 0.3) is 17.7 Å². The zero-order valence-electron chi connectivity index (χ0n) is 19.6. The Bertz CT molecular complexity index is 1200.